The zero-order valence-electron chi connectivity index (χ0n) is 31.9. The van der Waals surface area contributed by atoms with Crippen LogP contribution in [-0.4, -0.2) is 111 Å². The van der Waals surface area contributed by atoms with E-state index in [1.807, 2.05) is 0 Å². The number of non-ortho nitro benzene ring substituents is 1. The summed E-state index contributed by atoms with van der Waals surface area (Å²) in [6, 6.07) is 10.4. The number of nitrogens with two attached hydrogens (primary N) is 1. The number of nitro groups is 1. The fourth-order valence-corrected chi connectivity index (χ4v) is 6.37. The minimum absolute atomic E-state index is 0.00427. The second kappa shape index (κ2) is 22.3. The van der Waals surface area contributed by atoms with Gasteiger partial charge in [-0.3, -0.25) is 38.9 Å². The highest BCUT2D eigenvalue weighted by molar-refractivity contribution is 7.99. The summed E-state index contributed by atoms with van der Waals surface area (Å²) >= 11 is 1.16. The van der Waals surface area contributed by atoms with Crippen molar-refractivity contribution in [1.82, 2.24) is 30.7 Å². The summed E-state index contributed by atoms with van der Waals surface area (Å²) in [5.74, 6) is -3.01. The van der Waals surface area contributed by atoms with Gasteiger partial charge in [0.15, 0.2) is 0 Å². The summed E-state index contributed by atoms with van der Waals surface area (Å²) < 4.78 is 0. The van der Waals surface area contributed by atoms with Crippen LogP contribution in [0.1, 0.15) is 44.2 Å². The molecular formula is C38H49N9O9S. The largest absolute Gasteiger partial charge is 0.352 e. The first-order valence-electron chi connectivity index (χ1n) is 18.1. The lowest BCUT2D eigenvalue weighted by atomic mass is 10.0. The van der Waals surface area contributed by atoms with Crippen molar-refractivity contribution in [3.8, 4) is 0 Å². The average molecular weight is 808 g/mol. The Morgan fingerprint density at radius 2 is 1.42 bits per heavy atom. The first-order valence-corrected chi connectivity index (χ1v) is 19.2. The minimum Gasteiger partial charge on any atom is -0.352 e. The summed E-state index contributed by atoms with van der Waals surface area (Å²) in [5, 5.41) is 21.6. The maximum atomic E-state index is 13.5. The number of urea groups is 1. The lowest BCUT2D eigenvalue weighted by molar-refractivity contribution is -0.384. The lowest BCUT2D eigenvalue weighted by Crippen LogP contribution is -2.59. The molecule has 19 heteroatoms. The van der Waals surface area contributed by atoms with Gasteiger partial charge in [-0.1, -0.05) is 51.3 Å². The van der Waals surface area contributed by atoms with E-state index in [9.17, 15) is 43.7 Å². The van der Waals surface area contributed by atoms with Crippen LogP contribution in [-0.2, 0) is 35.2 Å². The number of nitrogens with zero attached hydrogens (tertiary/aromatic N) is 4. The number of amides is 8. The summed E-state index contributed by atoms with van der Waals surface area (Å²) in [4.78, 5) is 103. The Hall–Kier alpha value is -6.24. The number of thioether (sulfide) groups is 1. The molecule has 57 heavy (non-hydrogen) atoms. The van der Waals surface area contributed by atoms with E-state index in [0.717, 1.165) is 35.0 Å². The smallest absolute Gasteiger partial charge is 0.312 e. The molecule has 0 aliphatic carbocycles. The monoisotopic (exact) mass is 807 g/mol. The molecule has 8 amide bonds. The number of primary amides is 1. The van der Waals surface area contributed by atoms with Crippen LogP contribution < -0.4 is 27.0 Å². The van der Waals surface area contributed by atoms with Crippen molar-refractivity contribution >= 4 is 64.6 Å². The Balaban J connectivity index is 1.56. The molecule has 3 rings (SSSR count). The highest BCUT2D eigenvalue weighted by Gasteiger charge is 2.31. The zero-order valence-corrected chi connectivity index (χ0v) is 32.8. The standard InChI is InChI=1S/C38H49N9O9S/c1-5-32(49)44-22-45(33(50)6-2)24-46(23-44)34(51)17-19-57-21-31(48)43-35(25(3)4)37(53)42-30(8-7-18-40-38(39)54)36(52)41-28-13-9-26(10-14-28)20-27-11-15-29(16-12-27)47(55)56/h5-6,9-16,25,30,35H,1-2,7-8,17-24H2,3-4H3,(H,41,52)(H,42,53)(H,43,48)(H3,39,40,54)/t30-,35-/m0/s1. The molecule has 1 saturated heterocycles. The lowest BCUT2D eigenvalue weighted by Gasteiger charge is -2.41. The predicted octanol–water partition coefficient (Wildman–Crippen LogP) is 2.07. The van der Waals surface area contributed by atoms with Crippen LogP contribution in [0.2, 0.25) is 0 Å². The van der Waals surface area contributed by atoms with Gasteiger partial charge < -0.3 is 41.7 Å². The van der Waals surface area contributed by atoms with Crippen molar-refractivity contribution in [2.75, 3.05) is 43.4 Å². The van der Waals surface area contributed by atoms with Gasteiger partial charge in [0, 0.05) is 36.5 Å². The number of carbonyl (C=O) groups is 7. The molecule has 0 bridgehead atoms. The molecule has 1 aliphatic heterocycles. The maximum Gasteiger partial charge on any atom is 0.312 e. The maximum absolute atomic E-state index is 13.5. The third-order valence-corrected chi connectivity index (χ3v) is 9.65. The van der Waals surface area contributed by atoms with E-state index in [-0.39, 0.29) is 68.4 Å². The number of nitrogens with one attached hydrogen (secondary N) is 4. The number of carbonyl (C=O) groups excluding carboxylic acids is 7. The molecule has 1 aliphatic rings. The SMILES string of the molecule is C=CC(=O)N1CN(C(=O)C=C)CN(C(=O)CCSCC(=O)N[C@H](C(=O)N[C@@H](CCCNC(N)=O)C(=O)Nc2ccc(Cc3ccc([N+](=O)[O-])cc3)cc2)C(C)C)C1. The van der Waals surface area contributed by atoms with Gasteiger partial charge in [0.05, 0.1) is 30.7 Å². The van der Waals surface area contributed by atoms with Gasteiger partial charge in [-0.2, -0.15) is 11.8 Å². The van der Waals surface area contributed by atoms with E-state index in [4.69, 9.17) is 5.73 Å². The number of hydrogen-bond acceptors (Lipinski definition) is 10. The van der Waals surface area contributed by atoms with Crippen LogP contribution in [0.25, 0.3) is 0 Å². The molecule has 1 fully saturated rings. The average Bonchev–Trinajstić information content (AvgIpc) is 3.19. The molecule has 306 valence electrons. The van der Waals surface area contributed by atoms with E-state index >= 15 is 0 Å². The van der Waals surface area contributed by atoms with Crippen LogP contribution in [0.5, 0.6) is 0 Å². The summed E-state index contributed by atoms with van der Waals surface area (Å²) in [6.07, 6.45) is 3.14. The summed E-state index contributed by atoms with van der Waals surface area (Å²) in [6.45, 7) is 10.5. The van der Waals surface area contributed by atoms with E-state index < -0.39 is 52.6 Å². The van der Waals surface area contributed by atoms with Gasteiger partial charge in [-0.25, -0.2) is 4.79 Å². The van der Waals surface area contributed by atoms with Crippen molar-refractivity contribution in [1.29, 1.82) is 0 Å². The van der Waals surface area contributed by atoms with Crippen LogP contribution in [0.3, 0.4) is 0 Å². The van der Waals surface area contributed by atoms with Crippen molar-refractivity contribution in [2.45, 2.75) is 51.6 Å². The van der Waals surface area contributed by atoms with Crippen LogP contribution in [0.4, 0.5) is 16.2 Å². The van der Waals surface area contributed by atoms with E-state index in [1.165, 1.54) is 26.8 Å². The Morgan fingerprint density at radius 1 is 0.860 bits per heavy atom. The topological polar surface area (TPSA) is 246 Å². The molecule has 18 nitrogen and oxygen atoms in total. The number of rotatable bonds is 20. The highest BCUT2D eigenvalue weighted by Crippen LogP contribution is 2.18. The first-order chi connectivity index (χ1) is 27.1. The highest BCUT2D eigenvalue weighted by atomic mass is 32.2. The van der Waals surface area contributed by atoms with E-state index in [2.05, 4.69) is 34.4 Å². The van der Waals surface area contributed by atoms with E-state index in [1.54, 1.807) is 50.2 Å². The fraction of sp³-hybridized carbons (Fsp3) is 0.395. The molecule has 1 heterocycles. The molecular weight excluding hydrogens is 759 g/mol. The van der Waals surface area contributed by atoms with Crippen molar-refractivity contribution < 1.29 is 38.5 Å². The van der Waals surface area contributed by atoms with Gasteiger partial charge in [-0.05, 0) is 60.6 Å². The molecule has 0 spiro atoms. The Kier molecular flexibility index (Phi) is 17.7. The molecule has 0 unspecified atom stereocenters. The molecule has 0 aromatic heterocycles. The van der Waals surface area contributed by atoms with Gasteiger partial charge in [0.25, 0.3) is 5.69 Å². The van der Waals surface area contributed by atoms with Gasteiger partial charge in [-0.15, -0.1) is 0 Å². The number of nitro benzene ring substituents is 1. The Bertz CT molecular complexity index is 1780. The molecule has 2 aromatic rings. The van der Waals surface area contributed by atoms with Crippen LogP contribution >= 0.6 is 11.8 Å². The second-order valence-corrected chi connectivity index (χ2v) is 14.5. The van der Waals surface area contributed by atoms with Gasteiger partial charge in [0.1, 0.15) is 12.1 Å². The van der Waals surface area contributed by atoms with Crippen LogP contribution in [0.15, 0.2) is 73.8 Å². The number of anilines is 1. The molecule has 2 atom stereocenters. The predicted molar refractivity (Wildman–Crippen MR) is 214 cm³/mol. The number of hydrogen-bond donors (Lipinski definition) is 5. The van der Waals surface area contributed by atoms with Crippen molar-refractivity contribution in [3.63, 3.8) is 0 Å². The third-order valence-electron chi connectivity index (χ3n) is 8.69. The van der Waals surface area contributed by atoms with Crippen molar-refractivity contribution in [3.05, 3.63) is 95.1 Å². The molecule has 2 aromatic carbocycles. The van der Waals surface area contributed by atoms with Gasteiger partial charge >= 0.3 is 6.03 Å². The Labute approximate surface area is 334 Å². The zero-order chi connectivity index (χ0) is 42.1. The van der Waals surface area contributed by atoms with Crippen LogP contribution in [0, 0.1) is 16.0 Å². The fourth-order valence-electron chi connectivity index (χ4n) is 5.63. The number of benzene rings is 2. The Morgan fingerprint density at radius 3 is 1.95 bits per heavy atom. The minimum atomic E-state index is -1.05. The van der Waals surface area contributed by atoms with E-state index in [0.29, 0.717) is 18.5 Å². The second-order valence-electron chi connectivity index (χ2n) is 13.4. The quantitative estimate of drug-likeness (QED) is 0.0564. The summed E-state index contributed by atoms with van der Waals surface area (Å²) in [5.41, 5.74) is 7.38. The third kappa shape index (κ3) is 14.7. The molecule has 0 radical (unpaired) electrons. The molecule has 0 saturated carbocycles. The van der Waals surface area contributed by atoms with Gasteiger partial charge in [0.2, 0.25) is 35.4 Å². The van der Waals surface area contributed by atoms with Crippen molar-refractivity contribution in [2.24, 2.45) is 11.7 Å². The normalized spacial score (nSPS) is 13.5. The first kappa shape index (κ1) is 45.2. The molecule has 6 N–H and O–H groups in total. The summed E-state index contributed by atoms with van der Waals surface area (Å²) in [7, 11) is 0.